The lowest BCUT2D eigenvalue weighted by Gasteiger charge is -2.09. The molecule has 2 aromatic heterocycles. The van der Waals surface area contributed by atoms with Gasteiger partial charge < -0.3 is 5.32 Å². The maximum Gasteiger partial charge on any atom is 0.143 e. The van der Waals surface area contributed by atoms with Crippen LogP contribution in [0.3, 0.4) is 0 Å². The highest BCUT2D eigenvalue weighted by Crippen LogP contribution is 2.41. The van der Waals surface area contributed by atoms with E-state index in [1.54, 1.807) is 23.7 Å². The van der Waals surface area contributed by atoms with Crippen LogP contribution in [0.4, 0.5) is 15.9 Å². The number of fused-ring (bicyclic) bond motifs is 1. The molecule has 0 amide bonds. The fourth-order valence-corrected chi connectivity index (χ4v) is 3.92. The smallest absolute Gasteiger partial charge is 0.143 e. The molecule has 0 saturated carbocycles. The Morgan fingerprint density at radius 3 is 2.56 bits per heavy atom. The monoisotopic (exact) mass is 349 g/mol. The second kappa shape index (κ2) is 6.26. The summed E-state index contributed by atoms with van der Waals surface area (Å²) in [6.45, 7) is 4.16. The summed E-state index contributed by atoms with van der Waals surface area (Å²) < 4.78 is 13.5. The zero-order valence-corrected chi connectivity index (χ0v) is 14.7. The van der Waals surface area contributed by atoms with Gasteiger partial charge in [0.05, 0.1) is 5.39 Å². The number of aryl methyl sites for hydroxylation is 2. The van der Waals surface area contributed by atoms with Crippen LogP contribution in [0.15, 0.2) is 54.9 Å². The minimum Gasteiger partial charge on any atom is -0.339 e. The third-order valence-corrected chi connectivity index (χ3v) is 5.11. The Morgan fingerprint density at radius 1 is 1.00 bits per heavy atom. The van der Waals surface area contributed by atoms with Crippen molar-refractivity contribution in [3.63, 3.8) is 0 Å². The molecule has 0 aliphatic carbocycles. The predicted octanol–water partition coefficient (Wildman–Crippen LogP) is 5.86. The number of hydrogen-bond donors (Lipinski definition) is 1. The van der Waals surface area contributed by atoms with Gasteiger partial charge in [0, 0.05) is 16.1 Å². The maximum atomic E-state index is 13.5. The van der Waals surface area contributed by atoms with Crippen molar-refractivity contribution < 1.29 is 4.39 Å². The van der Waals surface area contributed by atoms with Gasteiger partial charge in [0.15, 0.2) is 0 Å². The van der Waals surface area contributed by atoms with Crippen LogP contribution < -0.4 is 5.32 Å². The highest BCUT2D eigenvalue weighted by Gasteiger charge is 2.16. The molecule has 0 bridgehead atoms. The van der Waals surface area contributed by atoms with Gasteiger partial charge in [-0.1, -0.05) is 35.9 Å². The van der Waals surface area contributed by atoms with Gasteiger partial charge in [-0.2, -0.15) is 0 Å². The van der Waals surface area contributed by atoms with E-state index in [0.29, 0.717) is 11.5 Å². The van der Waals surface area contributed by atoms with Crippen LogP contribution in [0.25, 0.3) is 21.3 Å². The first-order chi connectivity index (χ1) is 12.1. The first-order valence-corrected chi connectivity index (χ1v) is 8.77. The molecule has 0 radical (unpaired) electrons. The summed E-state index contributed by atoms with van der Waals surface area (Å²) in [7, 11) is 0. The Labute approximate surface area is 149 Å². The van der Waals surface area contributed by atoms with E-state index in [4.69, 9.17) is 0 Å². The number of aromatic nitrogens is 2. The quantitative estimate of drug-likeness (QED) is 0.503. The predicted molar refractivity (Wildman–Crippen MR) is 102 cm³/mol. The zero-order chi connectivity index (χ0) is 17.4. The minimum atomic E-state index is -0.282. The van der Waals surface area contributed by atoms with Crippen molar-refractivity contribution in [2.24, 2.45) is 0 Å². The number of rotatable bonds is 3. The maximum absolute atomic E-state index is 13.5. The molecule has 0 unspecified atom stereocenters. The minimum absolute atomic E-state index is 0.282. The number of hydrogen-bond acceptors (Lipinski definition) is 4. The largest absolute Gasteiger partial charge is 0.339 e. The fraction of sp³-hybridized carbons (Fsp3) is 0.100. The summed E-state index contributed by atoms with van der Waals surface area (Å²) in [6.07, 6.45) is 1.54. The number of nitrogens with one attached hydrogen (secondary N) is 1. The first-order valence-electron chi connectivity index (χ1n) is 7.95. The summed E-state index contributed by atoms with van der Waals surface area (Å²) in [5.74, 6) is 0.408. The van der Waals surface area contributed by atoms with Crippen LogP contribution >= 0.6 is 11.3 Å². The molecule has 3 nitrogen and oxygen atoms in total. The number of halogens is 1. The molecule has 1 N–H and O–H groups in total. The van der Waals surface area contributed by atoms with Gasteiger partial charge in [0.25, 0.3) is 0 Å². The lowest BCUT2D eigenvalue weighted by molar-refractivity contribution is 0.628. The van der Waals surface area contributed by atoms with E-state index >= 15 is 0 Å². The molecule has 4 aromatic rings. The van der Waals surface area contributed by atoms with Gasteiger partial charge in [-0.15, -0.1) is 11.3 Å². The van der Waals surface area contributed by atoms with Crippen LogP contribution in [-0.4, -0.2) is 9.97 Å². The van der Waals surface area contributed by atoms with E-state index in [0.717, 1.165) is 21.3 Å². The number of nitrogens with zero attached hydrogens (tertiary/aromatic N) is 2. The van der Waals surface area contributed by atoms with Gasteiger partial charge in [0.1, 0.15) is 22.8 Å². The van der Waals surface area contributed by atoms with Gasteiger partial charge in [-0.25, -0.2) is 14.4 Å². The molecule has 5 heteroatoms. The van der Waals surface area contributed by atoms with Gasteiger partial charge in [0.2, 0.25) is 0 Å². The molecule has 2 heterocycles. The van der Waals surface area contributed by atoms with Gasteiger partial charge in [-0.05, 0) is 37.6 Å². The van der Waals surface area contributed by atoms with Crippen LogP contribution in [-0.2, 0) is 0 Å². The third-order valence-electron chi connectivity index (χ3n) is 4.09. The van der Waals surface area contributed by atoms with Gasteiger partial charge in [-0.3, -0.25) is 0 Å². The lowest BCUT2D eigenvalue weighted by atomic mass is 10.0. The Hall–Kier alpha value is -2.79. The zero-order valence-electron chi connectivity index (χ0n) is 13.9. The van der Waals surface area contributed by atoms with Crippen LogP contribution in [0.2, 0.25) is 0 Å². The number of anilines is 2. The topological polar surface area (TPSA) is 37.8 Å². The number of benzene rings is 2. The van der Waals surface area contributed by atoms with E-state index in [9.17, 15) is 4.39 Å². The van der Waals surface area contributed by atoms with Crippen LogP contribution in [0.1, 0.15) is 10.4 Å². The molecule has 0 aliphatic rings. The molecule has 25 heavy (non-hydrogen) atoms. The number of thiophene rings is 1. The molecular weight excluding hydrogens is 333 g/mol. The molecule has 0 atom stereocenters. The summed E-state index contributed by atoms with van der Waals surface area (Å²) in [4.78, 5) is 10.9. The Bertz CT molecular complexity index is 1050. The molecular formula is C20H16FN3S. The molecule has 2 aromatic carbocycles. The Kier molecular flexibility index (Phi) is 3.93. The van der Waals surface area contributed by atoms with Gasteiger partial charge >= 0.3 is 0 Å². The van der Waals surface area contributed by atoms with Crippen LogP contribution in [0, 0.1) is 19.7 Å². The van der Waals surface area contributed by atoms with Crippen LogP contribution in [0.5, 0.6) is 0 Å². The summed E-state index contributed by atoms with van der Waals surface area (Å²) in [6, 6.07) is 14.8. The lowest BCUT2D eigenvalue weighted by Crippen LogP contribution is -1.96. The highest BCUT2D eigenvalue weighted by molar-refractivity contribution is 7.19. The van der Waals surface area contributed by atoms with Crippen molar-refractivity contribution in [2.75, 3.05) is 5.32 Å². The summed E-state index contributed by atoms with van der Waals surface area (Å²) in [5.41, 5.74) is 4.14. The summed E-state index contributed by atoms with van der Waals surface area (Å²) in [5, 5.41) is 4.21. The van der Waals surface area contributed by atoms with E-state index in [-0.39, 0.29) is 5.82 Å². The average Bonchev–Trinajstić information content (AvgIpc) is 2.93. The Morgan fingerprint density at radius 2 is 1.80 bits per heavy atom. The highest BCUT2D eigenvalue weighted by atomic mass is 32.1. The van der Waals surface area contributed by atoms with Crippen molar-refractivity contribution >= 4 is 33.1 Å². The van der Waals surface area contributed by atoms with E-state index in [1.165, 1.54) is 22.6 Å². The van der Waals surface area contributed by atoms with Crippen molar-refractivity contribution in [2.45, 2.75) is 13.8 Å². The molecule has 0 aliphatic heterocycles. The van der Waals surface area contributed by atoms with E-state index < -0.39 is 0 Å². The fourth-order valence-electron chi connectivity index (χ4n) is 2.91. The standard InChI is InChI=1S/C20H16FN3S/c1-12-6-8-14(9-7-12)17-13(2)25-20-18(17)19(22-11-23-20)24-16-5-3-4-15(21)10-16/h3-11H,1-2H3,(H,22,23,24). The normalized spacial score (nSPS) is 11.0. The molecule has 0 fully saturated rings. The third kappa shape index (κ3) is 2.98. The van der Waals surface area contributed by atoms with Crippen molar-refractivity contribution in [1.82, 2.24) is 9.97 Å². The SMILES string of the molecule is Cc1ccc(-c2c(C)sc3ncnc(Nc4cccc(F)c4)c23)cc1. The van der Waals surface area contributed by atoms with Crippen molar-refractivity contribution in [3.8, 4) is 11.1 Å². The van der Waals surface area contributed by atoms with E-state index in [2.05, 4.69) is 53.4 Å². The van der Waals surface area contributed by atoms with E-state index in [1.807, 2.05) is 6.07 Å². The molecule has 0 saturated heterocycles. The van der Waals surface area contributed by atoms with Crippen molar-refractivity contribution in [1.29, 1.82) is 0 Å². The molecule has 4 rings (SSSR count). The molecule has 124 valence electrons. The second-order valence-electron chi connectivity index (χ2n) is 5.94. The average molecular weight is 349 g/mol. The summed E-state index contributed by atoms with van der Waals surface area (Å²) >= 11 is 1.64. The Balaban J connectivity index is 1.89. The first kappa shape index (κ1) is 15.7. The second-order valence-corrected chi connectivity index (χ2v) is 7.14. The van der Waals surface area contributed by atoms with Crippen molar-refractivity contribution in [3.05, 3.63) is 71.1 Å². The molecule has 0 spiro atoms.